The number of aromatic nitrogens is 1. The number of halogens is 5. The fourth-order valence-electron chi connectivity index (χ4n) is 1.90. The van der Waals surface area contributed by atoms with Crippen molar-refractivity contribution in [1.82, 2.24) is 4.98 Å². The van der Waals surface area contributed by atoms with Gasteiger partial charge in [-0.2, -0.15) is 13.2 Å². The van der Waals surface area contributed by atoms with Crippen LogP contribution in [0.15, 0.2) is 41.0 Å². The van der Waals surface area contributed by atoms with Gasteiger partial charge in [0.05, 0.1) is 11.7 Å². The van der Waals surface area contributed by atoms with E-state index in [2.05, 4.69) is 20.9 Å². The Kier molecular flexibility index (Phi) is 4.63. The van der Waals surface area contributed by atoms with E-state index in [1.807, 2.05) is 0 Å². The molecule has 1 atom stereocenters. The molecule has 0 aliphatic rings. The number of rotatable bonds is 3. The summed E-state index contributed by atoms with van der Waals surface area (Å²) in [6.07, 6.45) is -4.76. The molecule has 21 heavy (non-hydrogen) atoms. The average Bonchev–Trinajstić information content (AvgIpc) is 2.40. The van der Waals surface area contributed by atoms with E-state index in [-0.39, 0.29) is 12.0 Å². The largest absolute Gasteiger partial charge is 0.416 e. The van der Waals surface area contributed by atoms with Gasteiger partial charge in [0.2, 0.25) is 0 Å². The molecule has 0 spiro atoms. The maximum absolute atomic E-state index is 13.0. The molecule has 1 aromatic carbocycles. The van der Waals surface area contributed by atoms with Gasteiger partial charge in [0, 0.05) is 22.8 Å². The Morgan fingerprint density at radius 1 is 1.19 bits per heavy atom. The number of hydrogen-bond donors (Lipinski definition) is 1. The summed E-state index contributed by atoms with van der Waals surface area (Å²) in [5, 5.41) is 10.0. The molecular formula is C14H10BrF4NO. The van der Waals surface area contributed by atoms with Gasteiger partial charge < -0.3 is 5.11 Å². The maximum atomic E-state index is 13.0. The number of pyridine rings is 1. The van der Waals surface area contributed by atoms with E-state index < -0.39 is 23.7 Å². The van der Waals surface area contributed by atoms with Crippen LogP contribution in [0.5, 0.6) is 0 Å². The molecule has 0 fully saturated rings. The Hall–Kier alpha value is -1.47. The van der Waals surface area contributed by atoms with Crippen LogP contribution >= 0.6 is 15.9 Å². The lowest BCUT2D eigenvalue weighted by Crippen LogP contribution is -2.14. The molecule has 1 unspecified atom stereocenters. The Morgan fingerprint density at radius 2 is 1.90 bits per heavy atom. The smallest absolute Gasteiger partial charge is 0.388 e. The van der Waals surface area contributed by atoms with Crippen molar-refractivity contribution in [3.8, 4) is 0 Å². The molecule has 0 saturated carbocycles. The van der Waals surface area contributed by atoms with Crippen molar-refractivity contribution in [2.45, 2.75) is 18.7 Å². The molecule has 2 rings (SSSR count). The minimum Gasteiger partial charge on any atom is -0.388 e. The molecule has 1 heterocycles. The number of benzene rings is 1. The summed E-state index contributed by atoms with van der Waals surface area (Å²) in [5.41, 5.74) is -1.11. The fraction of sp³-hybridized carbons (Fsp3) is 0.214. The zero-order valence-electron chi connectivity index (χ0n) is 10.5. The lowest BCUT2D eigenvalue weighted by atomic mass is 9.98. The molecule has 0 aliphatic carbocycles. The predicted octanol–water partition coefficient (Wildman–Crippen LogP) is 4.28. The summed E-state index contributed by atoms with van der Waals surface area (Å²) in [6, 6.07) is 5.48. The number of alkyl halides is 3. The highest BCUT2D eigenvalue weighted by atomic mass is 79.9. The van der Waals surface area contributed by atoms with Crippen molar-refractivity contribution in [3.63, 3.8) is 0 Å². The van der Waals surface area contributed by atoms with Crippen LogP contribution in [0.2, 0.25) is 0 Å². The molecule has 0 aliphatic heterocycles. The van der Waals surface area contributed by atoms with Crippen LogP contribution in [0.1, 0.15) is 22.9 Å². The van der Waals surface area contributed by atoms with E-state index in [0.717, 1.165) is 16.6 Å². The minimum absolute atomic E-state index is 0.0952. The summed E-state index contributed by atoms with van der Waals surface area (Å²) in [7, 11) is 0. The van der Waals surface area contributed by atoms with E-state index in [1.54, 1.807) is 12.1 Å². The zero-order valence-corrected chi connectivity index (χ0v) is 12.1. The van der Waals surface area contributed by atoms with Crippen LogP contribution in [0.4, 0.5) is 17.6 Å². The Labute approximate surface area is 126 Å². The van der Waals surface area contributed by atoms with Gasteiger partial charge in [0.15, 0.2) is 0 Å². The van der Waals surface area contributed by atoms with E-state index in [1.165, 1.54) is 6.20 Å². The normalized spacial score (nSPS) is 13.2. The Balaban J connectivity index is 2.30. The first-order chi connectivity index (χ1) is 9.77. The van der Waals surface area contributed by atoms with E-state index in [9.17, 15) is 22.7 Å². The topological polar surface area (TPSA) is 33.1 Å². The number of hydrogen-bond acceptors (Lipinski definition) is 2. The quantitative estimate of drug-likeness (QED) is 0.825. The monoisotopic (exact) mass is 363 g/mol. The third-order valence-electron chi connectivity index (χ3n) is 2.87. The Morgan fingerprint density at radius 3 is 2.48 bits per heavy atom. The molecule has 2 nitrogen and oxygen atoms in total. The molecule has 1 N–H and O–H groups in total. The first-order valence-corrected chi connectivity index (χ1v) is 6.72. The van der Waals surface area contributed by atoms with Gasteiger partial charge in [-0.3, -0.25) is 4.98 Å². The molecule has 7 heteroatoms. The molecule has 1 aromatic heterocycles. The highest BCUT2D eigenvalue weighted by molar-refractivity contribution is 9.10. The van der Waals surface area contributed by atoms with E-state index in [0.29, 0.717) is 11.8 Å². The van der Waals surface area contributed by atoms with Gasteiger partial charge in [0.1, 0.15) is 5.82 Å². The van der Waals surface area contributed by atoms with Crippen molar-refractivity contribution in [2.75, 3.05) is 0 Å². The van der Waals surface area contributed by atoms with Crippen molar-refractivity contribution >= 4 is 15.9 Å². The van der Waals surface area contributed by atoms with Crippen molar-refractivity contribution in [1.29, 1.82) is 0 Å². The first-order valence-electron chi connectivity index (χ1n) is 5.92. The van der Waals surface area contributed by atoms with Gasteiger partial charge >= 0.3 is 6.18 Å². The second-order valence-electron chi connectivity index (χ2n) is 4.42. The summed E-state index contributed by atoms with van der Waals surface area (Å²) < 4.78 is 52.4. The number of nitrogens with zero attached hydrogens (tertiary/aromatic N) is 1. The summed E-state index contributed by atoms with van der Waals surface area (Å²) >= 11 is 3.19. The van der Waals surface area contributed by atoms with Crippen LogP contribution in [-0.2, 0) is 12.6 Å². The van der Waals surface area contributed by atoms with Gasteiger partial charge in [-0.25, -0.2) is 4.39 Å². The minimum atomic E-state index is -4.73. The molecule has 0 amide bonds. The van der Waals surface area contributed by atoms with Gasteiger partial charge in [0.25, 0.3) is 0 Å². The lowest BCUT2D eigenvalue weighted by molar-refractivity contribution is -0.139. The molecule has 0 radical (unpaired) electrons. The third-order valence-corrected chi connectivity index (χ3v) is 3.34. The summed E-state index contributed by atoms with van der Waals surface area (Å²) in [4.78, 5) is 3.99. The third kappa shape index (κ3) is 4.01. The second kappa shape index (κ2) is 6.11. The maximum Gasteiger partial charge on any atom is 0.416 e. The molecular weight excluding hydrogens is 354 g/mol. The molecule has 0 bridgehead atoms. The fourth-order valence-corrected chi connectivity index (χ4v) is 2.13. The highest BCUT2D eigenvalue weighted by Gasteiger charge is 2.35. The number of aliphatic hydroxyl groups excluding tert-OH is 1. The van der Waals surface area contributed by atoms with Crippen LogP contribution in [0, 0.1) is 5.82 Å². The zero-order chi connectivity index (χ0) is 15.6. The van der Waals surface area contributed by atoms with Gasteiger partial charge in [-0.1, -0.05) is 6.07 Å². The molecule has 112 valence electrons. The van der Waals surface area contributed by atoms with Crippen LogP contribution in [-0.4, -0.2) is 10.1 Å². The van der Waals surface area contributed by atoms with Crippen LogP contribution < -0.4 is 0 Å². The SMILES string of the molecule is OC(Cc1ccc(Br)cn1)c1ccc(F)cc1C(F)(F)F. The highest BCUT2D eigenvalue weighted by Crippen LogP contribution is 2.35. The lowest BCUT2D eigenvalue weighted by Gasteiger charge is -2.17. The standard InChI is InChI=1S/C14H10BrF4NO/c15-8-1-3-10(20-7-8)6-13(21)11-4-2-9(16)5-12(11)14(17,18)19/h1-5,7,13,21H,6H2. The van der Waals surface area contributed by atoms with Crippen LogP contribution in [0.25, 0.3) is 0 Å². The number of aliphatic hydroxyl groups is 1. The second-order valence-corrected chi connectivity index (χ2v) is 5.33. The predicted molar refractivity (Wildman–Crippen MR) is 72.0 cm³/mol. The van der Waals surface area contributed by atoms with Gasteiger partial charge in [-0.15, -0.1) is 0 Å². The molecule has 2 aromatic rings. The van der Waals surface area contributed by atoms with E-state index in [4.69, 9.17) is 0 Å². The molecule has 0 saturated heterocycles. The van der Waals surface area contributed by atoms with E-state index >= 15 is 0 Å². The Bertz CT molecular complexity index is 628. The first kappa shape index (κ1) is 15.9. The summed E-state index contributed by atoms with van der Waals surface area (Å²) in [6.45, 7) is 0. The summed E-state index contributed by atoms with van der Waals surface area (Å²) in [5.74, 6) is -1.000. The van der Waals surface area contributed by atoms with Crippen LogP contribution in [0.3, 0.4) is 0 Å². The van der Waals surface area contributed by atoms with Crippen molar-refractivity contribution in [2.24, 2.45) is 0 Å². The van der Waals surface area contributed by atoms with Crippen molar-refractivity contribution < 1.29 is 22.7 Å². The van der Waals surface area contributed by atoms with Gasteiger partial charge in [-0.05, 0) is 45.8 Å². The average molecular weight is 364 g/mol. The van der Waals surface area contributed by atoms with Crippen molar-refractivity contribution in [3.05, 3.63) is 63.6 Å².